The fourth-order valence-electron chi connectivity index (χ4n) is 2.09. The van der Waals surface area contributed by atoms with Gasteiger partial charge in [-0.1, -0.05) is 12.1 Å². The van der Waals surface area contributed by atoms with Crippen molar-refractivity contribution < 1.29 is 19.7 Å². The van der Waals surface area contributed by atoms with Crippen LogP contribution in [0, 0.1) is 17.0 Å². The molecule has 0 aliphatic heterocycles. The summed E-state index contributed by atoms with van der Waals surface area (Å²) in [6.45, 7) is 5.47. The second kappa shape index (κ2) is 9.10. The number of aryl methyl sites for hydroxylation is 1. The Labute approximate surface area is 160 Å². The van der Waals surface area contributed by atoms with Gasteiger partial charge in [0.15, 0.2) is 5.75 Å². The lowest BCUT2D eigenvalue weighted by molar-refractivity contribution is -0.384. The summed E-state index contributed by atoms with van der Waals surface area (Å²) in [5, 5.41) is 23.9. The highest BCUT2D eigenvalue weighted by atomic mass is 32.2. The van der Waals surface area contributed by atoms with Gasteiger partial charge in [-0.2, -0.15) is 4.47 Å². The first-order valence-electron chi connectivity index (χ1n) is 8.01. The van der Waals surface area contributed by atoms with Crippen LogP contribution in [0.4, 0.5) is 16.2 Å². The van der Waals surface area contributed by atoms with Gasteiger partial charge in [-0.05, 0) is 44.5 Å². The summed E-state index contributed by atoms with van der Waals surface area (Å²) in [5.74, 6) is 0.696. The Kier molecular flexibility index (Phi) is 6.85. The Balaban J connectivity index is 2.23. The van der Waals surface area contributed by atoms with Gasteiger partial charge in [0, 0.05) is 18.2 Å². The van der Waals surface area contributed by atoms with E-state index in [-0.39, 0.29) is 23.2 Å². The zero-order valence-electron chi connectivity index (χ0n) is 15.0. The minimum atomic E-state index is -0.586. The number of hydrogen-bond donors (Lipinski definition) is 3. The largest absolute Gasteiger partial charge is 0.455 e. The van der Waals surface area contributed by atoms with Gasteiger partial charge in [-0.15, -0.1) is 0 Å². The van der Waals surface area contributed by atoms with E-state index in [0.29, 0.717) is 22.4 Å². The molecule has 2 amide bonds. The van der Waals surface area contributed by atoms with Gasteiger partial charge < -0.3 is 10.1 Å². The lowest BCUT2D eigenvalue weighted by atomic mass is 10.2. The van der Waals surface area contributed by atoms with Crippen molar-refractivity contribution in [3.05, 3.63) is 58.1 Å². The number of rotatable bonds is 7. The number of benzene rings is 2. The van der Waals surface area contributed by atoms with E-state index in [1.54, 1.807) is 32.0 Å². The second-order valence-corrected chi connectivity index (χ2v) is 6.65. The number of nitro benzene ring substituents is 1. The predicted molar refractivity (Wildman–Crippen MR) is 103 cm³/mol. The Morgan fingerprint density at radius 2 is 2.04 bits per heavy atom. The minimum Gasteiger partial charge on any atom is -0.455 e. The van der Waals surface area contributed by atoms with Gasteiger partial charge in [-0.25, -0.2) is 4.79 Å². The van der Waals surface area contributed by atoms with E-state index in [4.69, 9.17) is 4.74 Å². The highest BCUT2D eigenvalue weighted by Crippen LogP contribution is 2.37. The summed E-state index contributed by atoms with van der Waals surface area (Å²) >= 11 is 0.552. The molecule has 3 N–H and O–H groups in total. The third-order valence-corrected chi connectivity index (χ3v) is 3.87. The molecule has 2 aromatic rings. The molecule has 0 spiro atoms. The Morgan fingerprint density at radius 3 is 2.67 bits per heavy atom. The van der Waals surface area contributed by atoms with Crippen LogP contribution < -0.4 is 19.2 Å². The third kappa shape index (κ3) is 6.04. The van der Waals surface area contributed by atoms with Crippen molar-refractivity contribution in [3.63, 3.8) is 0 Å². The van der Waals surface area contributed by atoms with Crippen LogP contribution in [0.5, 0.6) is 11.5 Å². The van der Waals surface area contributed by atoms with Crippen molar-refractivity contribution in [1.82, 2.24) is 10.0 Å². The Morgan fingerprint density at radius 1 is 1.30 bits per heavy atom. The van der Waals surface area contributed by atoms with Crippen molar-refractivity contribution in [1.29, 1.82) is 0 Å². The zero-order valence-corrected chi connectivity index (χ0v) is 15.8. The van der Waals surface area contributed by atoms with Gasteiger partial charge in [0.2, 0.25) is 0 Å². The van der Waals surface area contributed by atoms with Crippen molar-refractivity contribution in [2.75, 3.05) is 4.47 Å². The van der Waals surface area contributed by atoms with E-state index in [2.05, 4.69) is 10.0 Å². The quantitative estimate of drug-likeness (QED) is 0.368. The lowest BCUT2D eigenvalue weighted by Gasteiger charge is -2.19. The van der Waals surface area contributed by atoms with Crippen LogP contribution in [0.15, 0.2) is 42.5 Å². The Bertz CT molecular complexity index is 831. The molecule has 0 aromatic heterocycles. The number of nitrogens with one attached hydrogen (secondary N) is 2. The van der Waals surface area contributed by atoms with Crippen LogP contribution in [-0.2, 0) is 0 Å². The molecule has 0 atom stereocenters. The molecular weight excluding hydrogens is 372 g/mol. The van der Waals surface area contributed by atoms with Gasteiger partial charge in [0.05, 0.1) is 17.1 Å². The van der Waals surface area contributed by atoms with E-state index in [1.807, 2.05) is 13.0 Å². The van der Waals surface area contributed by atoms with Crippen molar-refractivity contribution in [2.45, 2.75) is 26.8 Å². The maximum atomic E-state index is 11.7. The van der Waals surface area contributed by atoms with Crippen LogP contribution in [0.1, 0.15) is 19.4 Å². The number of nitro groups is 1. The third-order valence-electron chi connectivity index (χ3n) is 3.22. The second-order valence-electron chi connectivity index (χ2n) is 5.92. The highest BCUT2D eigenvalue weighted by molar-refractivity contribution is 7.99. The molecule has 9 nitrogen and oxygen atoms in total. The first kappa shape index (κ1) is 20.3. The lowest BCUT2D eigenvalue weighted by Crippen LogP contribution is -2.37. The van der Waals surface area contributed by atoms with Crippen LogP contribution >= 0.6 is 12.1 Å². The van der Waals surface area contributed by atoms with Crippen LogP contribution in [0.25, 0.3) is 0 Å². The number of ether oxygens (including phenoxy) is 1. The number of carbonyl (C=O) groups is 1. The molecule has 0 fully saturated rings. The molecular formula is C17H20N4O5S. The molecule has 0 radical (unpaired) electrons. The molecule has 144 valence electrons. The normalized spacial score (nSPS) is 10.4. The SMILES string of the molecule is Cc1cccc(Oc2ccc([N+](=O)[O-])cc2N(O)SNC(=O)NC(C)C)c1. The van der Waals surface area contributed by atoms with Gasteiger partial charge in [-0.3, -0.25) is 20.0 Å². The number of nitrogens with zero attached hydrogens (tertiary/aromatic N) is 2. The van der Waals surface area contributed by atoms with E-state index in [9.17, 15) is 20.1 Å². The topological polar surface area (TPSA) is 117 Å². The monoisotopic (exact) mass is 392 g/mol. The smallest absolute Gasteiger partial charge is 0.326 e. The van der Waals surface area contributed by atoms with Crippen molar-refractivity contribution >= 4 is 29.5 Å². The minimum absolute atomic E-state index is 0.0144. The number of urea groups is 1. The summed E-state index contributed by atoms with van der Waals surface area (Å²) in [6, 6.07) is 10.4. The van der Waals surface area contributed by atoms with E-state index in [0.717, 1.165) is 11.6 Å². The first-order chi connectivity index (χ1) is 12.8. The molecule has 0 unspecified atom stereocenters. The van der Waals surface area contributed by atoms with Crippen LogP contribution in [-0.4, -0.2) is 22.2 Å². The molecule has 0 saturated heterocycles. The molecule has 2 rings (SSSR count). The molecule has 0 heterocycles. The summed E-state index contributed by atoms with van der Waals surface area (Å²) in [5.41, 5.74) is 0.756. The van der Waals surface area contributed by atoms with Crippen LogP contribution in [0.3, 0.4) is 0 Å². The average molecular weight is 392 g/mol. The number of non-ortho nitro benzene ring substituents is 1. The van der Waals surface area contributed by atoms with E-state index >= 15 is 0 Å². The molecule has 0 aliphatic rings. The number of anilines is 1. The maximum absolute atomic E-state index is 11.7. The van der Waals surface area contributed by atoms with E-state index in [1.165, 1.54) is 12.1 Å². The standard InChI is InChI=1S/C17H20N4O5S/c1-11(2)18-17(22)19-27-21(25)15-10-13(20(23)24)7-8-16(15)26-14-6-4-5-12(3)9-14/h4-11,25H,1-3H3,(H2,18,19,22). The van der Waals surface area contributed by atoms with Gasteiger partial charge in [0.25, 0.3) is 5.69 Å². The van der Waals surface area contributed by atoms with Gasteiger partial charge >= 0.3 is 6.03 Å². The summed E-state index contributed by atoms with van der Waals surface area (Å²) in [4.78, 5) is 22.1. The molecule has 27 heavy (non-hydrogen) atoms. The fraction of sp³-hybridized carbons (Fsp3) is 0.235. The number of hydrogen-bond acceptors (Lipinski definition) is 7. The van der Waals surface area contributed by atoms with Crippen LogP contribution in [0.2, 0.25) is 0 Å². The zero-order chi connectivity index (χ0) is 20.0. The molecule has 0 aliphatic carbocycles. The summed E-state index contributed by atoms with van der Waals surface area (Å²) in [7, 11) is 0. The molecule has 0 bridgehead atoms. The summed E-state index contributed by atoms with van der Waals surface area (Å²) < 4.78 is 8.73. The van der Waals surface area contributed by atoms with Crippen molar-refractivity contribution in [3.8, 4) is 11.5 Å². The number of amides is 2. The maximum Gasteiger partial charge on any atom is 0.326 e. The van der Waals surface area contributed by atoms with Crippen molar-refractivity contribution in [2.24, 2.45) is 0 Å². The molecule has 2 aromatic carbocycles. The highest BCUT2D eigenvalue weighted by Gasteiger charge is 2.19. The number of carbonyl (C=O) groups excluding carboxylic acids is 1. The Hall–Kier alpha value is -2.98. The summed E-state index contributed by atoms with van der Waals surface area (Å²) in [6.07, 6.45) is 0. The predicted octanol–water partition coefficient (Wildman–Crippen LogP) is 4.16. The average Bonchev–Trinajstić information content (AvgIpc) is 2.59. The molecule has 0 saturated carbocycles. The first-order valence-corrected chi connectivity index (χ1v) is 8.79. The van der Waals surface area contributed by atoms with Gasteiger partial charge in [0.1, 0.15) is 11.4 Å². The van der Waals surface area contributed by atoms with E-state index < -0.39 is 11.0 Å². The molecule has 10 heteroatoms. The fourth-order valence-corrected chi connectivity index (χ4v) is 2.56.